The van der Waals surface area contributed by atoms with Crippen LogP contribution in [0.25, 0.3) is 0 Å². The van der Waals surface area contributed by atoms with Crippen LogP contribution in [0.2, 0.25) is 5.02 Å². The molecule has 0 spiro atoms. The minimum Gasteiger partial charge on any atom is -0.481 e. The highest BCUT2D eigenvalue weighted by molar-refractivity contribution is 7.99. The average molecular weight is 478 g/mol. The number of rotatable bonds is 6. The maximum absolute atomic E-state index is 12.7. The van der Waals surface area contributed by atoms with Gasteiger partial charge in [-0.05, 0) is 82.1 Å². The Morgan fingerprint density at radius 2 is 1.69 bits per heavy atom. The largest absolute Gasteiger partial charge is 0.481 e. The van der Waals surface area contributed by atoms with Gasteiger partial charge in [0.15, 0.2) is 0 Å². The van der Waals surface area contributed by atoms with E-state index in [1.165, 1.54) is 0 Å². The van der Waals surface area contributed by atoms with E-state index < -0.39 is 23.6 Å². The summed E-state index contributed by atoms with van der Waals surface area (Å²) in [6, 6.07) is 14.6. The predicted molar refractivity (Wildman–Crippen MR) is 126 cm³/mol. The fourth-order valence-electron chi connectivity index (χ4n) is 3.43. The number of halogens is 1. The summed E-state index contributed by atoms with van der Waals surface area (Å²) >= 11 is 7.48. The molecule has 1 aliphatic heterocycles. The molecule has 2 atom stereocenters. The molecule has 1 fully saturated rings. The van der Waals surface area contributed by atoms with Crippen LogP contribution in [0.15, 0.2) is 53.4 Å². The van der Waals surface area contributed by atoms with E-state index in [2.05, 4.69) is 0 Å². The molecule has 2 aromatic carbocycles. The van der Waals surface area contributed by atoms with Gasteiger partial charge in [0.2, 0.25) is 0 Å². The number of nitrogens with zero attached hydrogens (tertiary/aromatic N) is 1. The van der Waals surface area contributed by atoms with Crippen molar-refractivity contribution in [1.29, 1.82) is 0 Å². The minimum absolute atomic E-state index is 0.213. The van der Waals surface area contributed by atoms with Crippen LogP contribution in [0.1, 0.15) is 33.6 Å². The Hall–Kier alpha value is -2.38. The van der Waals surface area contributed by atoms with Crippen LogP contribution in [0.5, 0.6) is 11.5 Å². The molecule has 2 unspecified atom stereocenters. The average Bonchev–Trinajstić information content (AvgIpc) is 2.73. The predicted octanol–water partition coefficient (Wildman–Crippen LogP) is 6.32. The van der Waals surface area contributed by atoms with E-state index in [-0.39, 0.29) is 6.04 Å². The Kier molecular flexibility index (Phi) is 7.96. The van der Waals surface area contributed by atoms with E-state index in [9.17, 15) is 14.7 Å². The third kappa shape index (κ3) is 7.07. The van der Waals surface area contributed by atoms with Gasteiger partial charge in [0.25, 0.3) is 0 Å². The van der Waals surface area contributed by atoms with Crippen molar-refractivity contribution in [1.82, 2.24) is 4.90 Å². The zero-order valence-electron chi connectivity index (χ0n) is 18.4. The molecule has 1 aliphatic rings. The summed E-state index contributed by atoms with van der Waals surface area (Å²) in [4.78, 5) is 26.9. The second kappa shape index (κ2) is 10.5. The van der Waals surface area contributed by atoms with E-state index in [0.29, 0.717) is 41.7 Å². The lowest BCUT2D eigenvalue weighted by Gasteiger charge is -2.38. The van der Waals surface area contributed by atoms with Gasteiger partial charge >= 0.3 is 12.1 Å². The van der Waals surface area contributed by atoms with Crippen molar-refractivity contribution in [2.75, 3.05) is 12.3 Å². The SMILES string of the molecule is CC(C)(C)OC(=O)N1CCC(C(=O)O)CC1CSc1ccc(Oc2ccc(Cl)cc2)cc1. The molecular weight excluding hydrogens is 450 g/mol. The number of hydrogen-bond acceptors (Lipinski definition) is 5. The standard InChI is InChI=1S/C24H28ClNO5S/c1-24(2,3)31-23(29)26-13-12-16(22(27)28)14-18(26)15-32-21-10-8-20(9-11-21)30-19-6-4-17(25)5-7-19/h4-11,16,18H,12-15H2,1-3H3,(H,27,28). The number of piperidine rings is 1. The van der Waals surface area contributed by atoms with Crippen molar-refractivity contribution in [3.63, 3.8) is 0 Å². The summed E-state index contributed by atoms with van der Waals surface area (Å²) in [5.74, 6) is 0.725. The van der Waals surface area contributed by atoms with Gasteiger partial charge in [-0.2, -0.15) is 0 Å². The van der Waals surface area contributed by atoms with E-state index in [4.69, 9.17) is 21.1 Å². The maximum Gasteiger partial charge on any atom is 0.410 e. The molecule has 172 valence electrons. The van der Waals surface area contributed by atoms with E-state index in [0.717, 1.165) is 4.90 Å². The van der Waals surface area contributed by atoms with E-state index >= 15 is 0 Å². The number of carboxylic acids is 1. The Labute approximate surface area is 197 Å². The van der Waals surface area contributed by atoms with Crippen molar-refractivity contribution in [2.24, 2.45) is 5.92 Å². The van der Waals surface area contributed by atoms with E-state index in [1.54, 1.807) is 40.9 Å². The Morgan fingerprint density at radius 3 is 2.25 bits per heavy atom. The van der Waals surface area contributed by atoms with Gasteiger partial charge in [0.1, 0.15) is 17.1 Å². The van der Waals surface area contributed by atoms with Gasteiger partial charge in [-0.1, -0.05) is 11.6 Å². The van der Waals surface area contributed by atoms with Crippen LogP contribution >= 0.6 is 23.4 Å². The Balaban J connectivity index is 1.62. The molecule has 1 N–H and O–H groups in total. The number of carbonyl (C=O) groups excluding carboxylic acids is 1. The number of amides is 1. The van der Waals surface area contributed by atoms with Gasteiger partial charge in [-0.15, -0.1) is 11.8 Å². The zero-order chi connectivity index (χ0) is 23.3. The minimum atomic E-state index is -0.812. The van der Waals surface area contributed by atoms with Gasteiger partial charge in [0, 0.05) is 28.3 Å². The van der Waals surface area contributed by atoms with Gasteiger partial charge in [0.05, 0.1) is 5.92 Å². The molecule has 32 heavy (non-hydrogen) atoms. The Morgan fingerprint density at radius 1 is 1.09 bits per heavy atom. The van der Waals surface area contributed by atoms with Crippen LogP contribution in [0.4, 0.5) is 4.79 Å². The number of carboxylic acid groups (broad SMARTS) is 1. The zero-order valence-corrected chi connectivity index (χ0v) is 20.0. The lowest BCUT2D eigenvalue weighted by Crippen LogP contribution is -2.50. The van der Waals surface area contributed by atoms with Crippen LogP contribution in [0, 0.1) is 5.92 Å². The molecule has 8 heteroatoms. The molecule has 6 nitrogen and oxygen atoms in total. The third-order valence-corrected chi connectivity index (χ3v) is 6.42. The maximum atomic E-state index is 12.7. The smallest absolute Gasteiger partial charge is 0.410 e. The number of carbonyl (C=O) groups is 2. The Bertz CT molecular complexity index is 927. The number of ether oxygens (including phenoxy) is 2. The molecule has 0 aliphatic carbocycles. The molecule has 0 bridgehead atoms. The number of thioether (sulfide) groups is 1. The normalized spacial score (nSPS) is 18.8. The summed E-state index contributed by atoms with van der Waals surface area (Å²) in [7, 11) is 0. The first-order valence-corrected chi connectivity index (χ1v) is 11.9. The van der Waals surface area contributed by atoms with Crippen LogP contribution in [-0.4, -0.2) is 46.0 Å². The summed E-state index contributed by atoms with van der Waals surface area (Å²) in [6.07, 6.45) is 0.463. The second-order valence-corrected chi connectivity index (χ2v) is 10.3. The van der Waals surface area contributed by atoms with Crippen molar-refractivity contribution in [3.05, 3.63) is 53.6 Å². The first kappa shape index (κ1) is 24.3. The fraction of sp³-hybridized carbons (Fsp3) is 0.417. The number of hydrogen-bond donors (Lipinski definition) is 1. The quantitative estimate of drug-likeness (QED) is 0.490. The molecule has 0 radical (unpaired) electrons. The summed E-state index contributed by atoms with van der Waals surface area (Å²) in [6.45, 7) is 5.86. The first-order chi connectivity index (χ1) is 15.1. The monoisotopic (exact) mass is 477 g/mol. The molecule has 1 heterocycles. The third-order valence-electron chi connectivity index (χ3n) is 5.01. The first-order valence-electron chi connectivity index (χ1n) is 10.5. The second-order valence-electron chi connectivity index (χ2n) is 8.73. The number of aliphatic carboxylic acids is 1. The number of benzene rings is 2. The van der Waals surface area contributed by atoms with E-state index in [1.807, 2.05) is 45.0 Å². The lowest BCUT2D eigenvalue weighted by molar-refractivity contribution is -0.144. The van der Waals surface area contributed by atoms with Crippen LogP contribution in [-0.2, 0) is 9.53 Å². The molecule has 1 amide bonds. The molecule has 0 saturated carbocycles. The topological polar surface area (TPSA) is 76.1 Å². The van der Waals surface area contributed by atoms with Crippen molar-refractivity contribution >= 4 is 35.4 Å². The fourth-order valence-corrected chi connectivity index (χ4v) is 4.58. The summed E-state index contributed by atoms with van der Waals surface area (Å²) < 4.78 is 11.4. The molecular formula is C24H28ClNO5S. The lowest BCUT2D eigenvalue weighted by atomic mass is 9.92. The molecule has 3 rings (SSSR count). The highest BCUT2D eigenvalue weighted by Gasteiger charge is 2.36. The molecule has 0 aromatic heterocycles. The van der Waals surface area contributed by atoms with Crippen molar-refractivity contribution in [3.8, 4) is 11.5 Å². The van der Waals surface area contributed by atoms with Gasteiger partial charge in [-0.25, -0.2) is 4.79 Å². The highest BCUT2D eigenvalue weighted by atomic mass is 35.5. The number of likely N-dealkylation sites (tertiary alicyclic amines) is 1. The molecule has 2 aromatic rings. The highest BCUT2D eigenvalue weighted by Crippen LogP contribution is 2.31. The molecule has 1 saturated heterocycles. The van der Waals surface area contributed by atoms with Gasteiger partial charge in [-0.3, -0.25) is 4.79 Å². The van der Waals surface area contributed by atoms with Crippen molar-refractivity contribution in [2.45, 2.75) is 50.2 Å². The van der Waals surface area contributed by atoms with Crippen LogP contribution in [0.3, 0.4) is 0 Å². The summed E-state index contributed by atoms with van der Waals surface area (Å²) in [5, 5.41) is 10.1. The van der Waals surface area contributed by atoms with Crippen molar-refractivity contribution < 1.29 is 24.2 Å². The summed E-state index contributed by atoms with van der Waals surface area (Å²) in [5.41, 5.74) is -0.599. The van der Waals surface area contributed by atoms with Crippen LogP contribution < -0.4 is 4.74 Å². The van der Waals surface area contributed by atoms with Gasteiger partial charge < -0.3 is 19.5 Å².